The zero-order valence-electron chi connectivity index (χ0n) is 19.9. The number of carbonyl (C=O) groups is 2. The smallest absolute Gasteiger partial charge is 0.279 e. The molecular weight excluding hydrogens is 474 g/mol. The molecule has 0 aliphatic carbocycles. The lowest BCUT2D eigenvalue weighted by Crippen LogP contribution is -2.43. The lowest BCUT2D eigenvalue weighted by Gasteiger charge is -2.07. The van der Waals surface area contributed by atoms with Gasteiger partial charge in [-0.05, 0) is 37.3 Å². The van der Waals surface area contributed by atoms with Gasteiger partial charge in [0.2, 0.25) is 6.79 Å². The van der Waals surface area contributed by atoms with Gasteiger partial charge in [-0.3, -0.25) is 20.4 Å². The van der Waals surface area contributed by atoms with Crippen molar-refractivity contribution in [1.29, 1.82) is 0 Å². The van der Waals surface area contributed by atoms with Crippen molar-refractivity contribution in [1.82, 2.24) is 20.6 Å². The maximum atomic E-state index is 13.0. The van der Waals surface area contributed by atoms with Gasteiger partial charge in [-0.2, -0.15) is 5.10 Å². The second kappa shape index (κ2) is 10.6. The number of carbonyl (C=O) groups excluding carboxylic acids is 2. The predicted octanol–water partition coefficient (Wildman–Crippen LogP) is 3.47. The third-order valence-corrected chi connectivity index (χ3v) is 5.53. The SMILES string of the molecule is C/C(=N\OCC(=O)NNC(=O)c1cn(-c2ccccc2)nc1-c1ccccc1)c1ccc2c(c1)OCO2. The Balaban J connectivity index is 1.22. The molecule has 0 bridgehead atoms. The van der Waals surface area contributed by atoms with Gasteiger partial charge in [0.05, 0.1) is 17.0 Å². The first-order valence-electron chi connectivity index (χ1n) is 11.4. The Kier molecular flexibility index (Phi) is 6.80. The number of aromatic nitrogens is 2. The predicted molar refractivity (Wildman–Crippen MR) is 135 cm³/mol. The minimum atomic E-state index is -0.577. The summed E-state index contributed by atoms with van der Waals surface area (Å²) in [4.78, 5) is 30.4. The summed E-state index contributed by atoms with van der Waals surface area (Å²) in [5.41, 5.74) is 8.44. The van der Waals surface area contributed by atoms with Crippen LogP contribution in [0.2, 0.25) is 0 Å². The van der Waals surface area contributed by atoms with Crippen LogP contribution in [0.5, 0.6) is 11.5 Å². The fraction of sp³-hybridized carbons (Fsp3) is 0.111. The Labute approximate surface area is 212 Å². The van der Waals surface area contributed by atoms with Crippen molar-refractivity contribution in [2.75, 3.05) is 13.4 Å². The molecular formula is C27H23N5O5. The Morgan fingerprint density at radius 3 is 2.49 bits per heavy atom. The summed E-state index contributed by atoms with van der Waals surface area (Å²) >= 11 is 0. The number of nitrogens with one attached hydrogen (secondary N) is 2. The zero-order chi connectivity index (χ0) is 25.6. The van der Waals surface area contributed by atoms with Crippen molar-refractivity contribution < 1.29 is 23.9 Å². The van der Waals surface area contributed by atoms with E-state index in [1.165, 1.54) is 0 Å². The van der Waals surface area contributed by atoms with E-state index < -0.39 is 18.4 Å². The summed E-state index contributed by atoms with van der Waals surface area (Å²) < 4.78 is 12.3. The van der Waals surface area contributed by atoms with E-state index >= 15 is 0 Å². The maximum Gasteiger partial charge on any atom is 0.279 e. The van der Waals surface area contributed by atoms with Crippen LogP contribution >= 0.6 is 0 Å². The van der Waals surface area contributed by atoms with E-state index in [0.29, 0.717) is 28.5 Å². The van der Waals surface area contributed by atoms with E-state index in [4.69, 9.17) is 14.3 Å². The number of hydrogen-bond acceptors (Lipinski definition) is 7. The lowest BCUT2D eigenvalue weighted by molar-refractivity contribution is -0.126. The third kappa shape index (κ3) is 5.43. The van der Waals surface area contributed by atoms with E-state index in [2.05, 4.69) is 21.1 Å². The standard InChI is InChI=1S/C27H23N5O5/c1-18(20-12-13-23-24(14-20)36-17-35-23)31-37-16-25(33)28-29-27(34)22-15-32(21-10-6-3-7-11-21)30-26(22)19-8-4-2-5-9-19/h2-15H,16-17H2,1H3,(H,28,33)(H,29,34)/b31-18+. The van der Waals surface area contributed by atoms with E-state index in [-0.39, 0.29) is 6.79 Å². The fourth-order valence-corrected chi connectivity index (χ4v) is 3.65. The highest BCUT2D eigenvalue weighted by molar-refractivity contribution is 6.01. The molecule has 0 spiro atoms. The summed E-state index contributed by atoms with van der Waals surface area (Å²) in [6, 6.07) is 24.2. The first-order valence-corrected chi connectivity index (χ1v) is 11.4. The molecule has 0 fully saturated rings. The Hall–Kier alpha value is -5.12. The number of para-hydroxylation sites is 1. The number of rotatable bonds is 7. The molecule has 0 unspecified atom stereocenters. The van der Waals surface area contributed by atoms with Gasteiger partial charge in [0.15, 0.2) is 18.1 Å². The van der Waals surface area contributed by atoms with E-state index in [0.717, 1.165) is 16.8 Å². The van der Waals surface area contributed by atoms with Gasteiger partial charge >= 0.3 is 0 Å². The van der Waals surface area contributed by atoms with Gasteiger partial charge in [-0.25, -0.2) is 4.68 Å². The molecule has 2 N–H and O–H groups in total. The third-order valence-electron chi connectivity index (χ3n) is 5.53. The highest BCUT2D eigenvalue weighted by Crippen LogP contribution is 2.32. The van der Waals surface area contributed by atoms with E-state index in [1.807, 2.05) is 66.7 Å². The van der Waals surface area contributed by atoms with Gasteiger partial charge < -0.3 is 14.3 Å². The Bertz CT molecular complexity index is 1450. The normalized spacial score (nSPS) is 12.2. The Morgan fingerprint density at radius 1 is 0.973 bits per heavy atom. The molecule has 2 amide bonds. The van der Waals surface area contributed by atoms with Crippen molar-refractivity contribution in [3.63, 3.8) is 0 Å². The van der Waals surface area contributed by atoms with Crippen LogP contribution in [-0.2, 0) is 9.63 Å². The van der Waals surface area contributed by atoms with Crippen LogP contribution in [0.15, 0.2) is 90.2 Å². The van der Waals surface area contributed by atoms with Crippen molar-refractivity contribution in [3.8, 4) is 28.4 Å². The van der Waals surface area contributed by atoms with Crippen LogP contribution < -0.4 is 20.3 Å². The van der Waals surface area contributed by atoms with Crippen LogP contribution in [0, 0.1) is 0 Å². The van der Waals surface area contributed by atoms with Crippen LogP contribution in [0.1, 0.15) is 22.8 Å². The minimum absolute atomic E-state index is 0.178. The summed E-state index contributed by atoms with van der Waals surface area (Å²) in [7, 11) is 0. The molecule has 10 heteroatoms. The average Bonchev–Trinajstić information content (AvgIpc) is 3.60. The van der Waals surface area contributed by atoms with Crippen LogP contribution in [0.25, 0.3) is 16.9 Å². The van der Waals surface area contributed by atoms with Crippen LogP contribution in [-0.4, -0.2) is 40.7 Å². The highest BCUT2D eigenvalue weighted by Gasteiger charge is 2.19. The number of hydrogen-bond donors (Lipinski definition) is 2. The fourth-order valence-electron chi connectivity index (χ4n) is 3.65. The summed E-state index contributed by atoms with van der Waals surface area (Å²) in [6.07, 6.45) is 1.62. The van der Waals surface area contributed by atoms with E-state index in [1.54, 1.807) is 29.9 Å². The summed E-state index contributed by atoms with van der Waals surface area (Å²) in [5.74, 6) is 0.192. The monoisotopic (exact) mass is 497 g/mol. The van der Waals surface area contributed by atoms with Crippen molar-refractivity contribution in [2.24, 2.45) is 5.16 Å². The molecule has 4 aromatic rings. The molecule has 37 heavy (non-hydrogen) atoms. The van der Waals surface area contributed by atoms with Gasteiger partial charge in [0.25, 0.3) is 11.8 Å². The van der Waals surface area contributed by atoms with Gasteiger partial charge in [0.1, 0.15) is 5.69 Å². The molecule has 1 aliphatic rings. The number of benzene rings is 3. The van der Waals surface area contributed by atoms with Crippen LogP contribution in [0.4, 0.5) is 0 Å². The summed E-state index contributed by atoms with van der Waals surface area (Å²) in [6.45, 7) is 1.53. The first-order chi connectivity index (χ1) is 18.1. The van der Waals surface area contributed by atoms with Crippen molar-refractivity contribution in [3.05, 3.63) is 96.2 Å². The number of nitrogens with zero attached hydrogens (tertiary/aromatic N) is 3. The molecule has 1 aliphatic heterocycles. The molecule has 0 radical (unpaired) electrons. The second-order valence-corrected chi connectivity index (χ2v) is 8.06. The quantitative estimate of drug-likeness (QED) is 0.298. The number of ether oxygens (including phenoxy) is 2. The van der Waals surface area contributed by atoms with Gasteiger partial charge in [-0.1, -0.05) is 53.7 Å². The molecule has 2 heterocycles. The molecule has 0 atom stereocenters. The topological polar surface area (TPSA) is 116 Å². The largest absolute Gasteiger partial charge is 0.454 e. The number of amides is 2. The molecule has 0 saturated carbocycles. The highest BCUT2D eigenvalue weighted by atomic mass is 16.7. The molecule has 1 aromatic heterocycles. The van der Waals surface area contributed by atoms with Crippen molar-refractivity contribution >= 4 is 17.5 Å². The summed E-state index contributed by atoms with van der Waals surface area (Å²) in [5, 5.41) is 8.57. The number of fused-ring (bicyclic) bond motifs is 1. The molecule has 0 saturated heterocycles. The second-order valence-electron chi connectivity index (χ2n) is 8.06. The molecule has 186 valence electrons. The number of oxime groups is 1. The van der Waals surface area contributed by atoms with Gasteiger partial charge in [-0.15, -0.1) is 0 Å². The molecule has 3 aromatic carbocycles. The zero-order valence-corrected chi connectivity index (χ0v) is 19.9. The maximum absolute atomic E-state index is 13.0. The minimum Gasteiger partial charge on any atom is -0.454 e. The first kappa shape index (κ1) is 23.6. The van der Waals surface area contributed by atoms with Crippen molar-refractivity contribution in [2.45, 2.75) is 6.92 Å². The van der Waals surface area contributed by atoms with Crippen LogP contribution in [0.3, 0.4) is 0 Å². The average molecular weight is 498 g/mol. The van der Waals surface area contributed by atoms with Gasteiger partial charge in [0, 0.05) is 17.3 Å². The Morgan fingerprint density at radius 2 is 1.70 bits per heavy atom. The number of hydrazine groups is 1. The van der Waals surface area contributed by atoms with E-state index in [9.17, 15) is 9.59 Å². The molecule has 10 nitrogen and oxygen atoms in total. The molecule has 5 rings (SSSR count). The lowest BCUT2D eigenvalue weighted by atomic mass is 10.1.